The van der Waals surface area contributed by atoms with E-state index in [0.717, 1.165) is 50.6 Å². The molecule has 0 aromatic heterocycles. The number of piperidine rings is 1. The fourth-order valence-corrected chi connectivity index (χ4v) is 9.07. The van der Waals surface area contributed by atoms with Gasteiger partial charge in [0.1, 0.15) is 0 Å². The number of carbonyl (C=O) groups excluding carboxylic acids is 2. The maximum absolute atomic E-state index is 13.6. The maximum atomic E-state index is 13.6. The third-order valence-electron chi connectivity index (χ3n) is 10.8. The summed E-state index contributed by atoms with van der Waals surface area (Å²) in [5, 5.41) is 0. The van der Waals surface area contributed by atoms with Gasteiger partial charge in [0.25, 0.3) is 0 Å². The average Bonchev–Trinajstić information content (AvgIpc) is 2.90. The molecule has 4 nitrogen and oxygen atoms in total. The van der Waals surface area contributed by atoms with Gasteiger partial charge in [-0.3, -0.25) is 9.59 Å². The minimum absolute atomic E-state index is 0.199. The molecule has 4 heteroatoms. The summed E-state index contributed by atoms with van der Waals surface area (Å²) in [4.78, 5) is 30.3. The molecule has 168 valence electrons. The number of amides is 2. The Morgan fingerprint density at radius 3 is 2.30 bits per heavy atom. The van der Waals surface area contributed by atoms with Gasteiger partial charge in [0, 0.05) is 38.5 Å². The first-order valence-corrected chi connectivity index (χ1v) is 12.9. The summed E-state index contributed by atoms with van der Waals surface area (Å²) in [6.45, 7) is 6.95. The van der Waals surface area contributed by atoms with Gasteiger partial charge in [-0.25, -0.2) is 0 Å². The van der Waals surface area contributed by atoms with E-state index >= 15 is 0 Å². The zero-order valence-electron chi connectivity index (χ0n) is 19.5. The van der Waals surface area contributed by atoms with E-state index in [1.54, 1.807) is 0 Å². The van der Waals surface area contributed by atoms with Crippen LogP contribution in [0.25, 0.3) is 0 Å². The van der Waals surface area contributed by atoms with Crippen LogP contribution in [0.2, 0.25) is 0 Å². The van der Waals surface area contributed by atoms with Crippen molar-refractivity contribution in [2.75, 3.05) is 20.1 Å². The number of carbonyl (C=O) groups is 2. The predicted octanol–water partition coefficient (Wildman–Crippen LogP) is 4.87. The van der Waals surface area contributed by atoms with Gasteiger partial charge >= 0.3 is 0 Å². The van der Waals surface area contributed by atoms with E-state index in [-0.39, 0.29) is 16.7 Å². The highest BCUT2D eigenvalue weighted by atomic mass is 16.2. The number of hydrogen-bond acceptors (Lipinski definition) is 2. The Morgan fingerprint density at radius 1 is 0.867 bits per heavy atom. The third kappa shape index (κ3) is 2.98. The number of hydrogen-bond donors (Lipinski definition) is 0. The Hall–Kier alpha value is -1.06. The van der Waals surface area contributed by atoms with Crippen LogP contribution in [0.5, 0.6) is 0 Å². The molecule has 3 saturated carbocycles. The highest BCUT2D eigenvalue weighted by Crippen LogP contribution is 2.66. The molecule has 5 aliphatic rings. The molecule has 2 aliphatic heterocycles. The van der Waals surface area contributed by atoms with Crippen molar-refractivity contribution >= 4 is 11.8 Å². The molecule has 3 aliphatic carbocycles. The number of nitrogens with zero attached hydrogens (tertiary/aromatic N) is 2. The van der Waals surface area contributed by atoms with Crippen LogP contribution in [0.3, 0.4) is 0 Å². The Balaban J connectivity index is 1.36. The van der Waals surface area contributed by atoms with Gasteiger partial charge < -0.3 is 9.80 Å². The monoisotopic (exact) mass is 414 g/mol. The molecule has 2 amide bonds. The summed E-state index contributed by atoms with van der Waals surface area (Å²) in [5.41, 5.74) is 0.476. The number of likely N-dealkylation sites (tertiary alicyclic amines) is 2. The minimum Gasteiger partial charge on any atom is -0.342 e. The van der Waals surface area contributed by atoms with E-state index in [1.165, 1.54) is 51.4 Å². The zero-order chi connectivity index (χ0) is 21.1. The molecule has 30 heavy (non-hydrogen) atoms. The SMILES string of the molecule is CN1C(=O)CC[C@]2(C)[C@H]3CC[C@]4(C)[C@@H](C(=O)N5CCCCCC5)CC[C@H]4[C@@H]3CC[C@@H]12. The van der Waals surface area contributed by atoms with E-state index in [4.69, 9.17) is 0 Å². The molecule has 0 spiro atoms. The van der Waals surface area contributed by atoms with Crippen LogP contribution in [0, 0.1) is 34.5 Å². The van der Waals surface area contributed by atoms with Crippen LogP contribution in [-0.4, -0.2) is 47.8 Å². The van der Waals surface area contributed by atoms with Gasteiger partial charge in [0.05, 0.1) is 0 Å². The first-order valence-electron chi connectivity index (χ1n) is 12.9. The number of rotatable bonds is 1. The Bertz CT molecular complexity index is 699. The van der Waals surface area contributed by atoms with E-state index in [1.807, 2.05) is 7.05 Å². The molecule has 0 aromatic carbocycles. The fraction of sp³-hybridized carbons (Fsp3) is 0.923. The average molecular weight is 415 g/mol. The van der Waals surface area contributed by atoms with Crippen molar-refractivity contribution in [3.63, 3.8) is 0 Å². The normalized spacial score (nSPS) is 46.6. The van der Waals surface area contributed by atoms with Crippen molar-refractivity contribution in [2.24, 2.45) is 34.5 Å². The minimum atomic E-state index is 0.199. The highest BCUT2D eigenvalue weighted by molar-refractivity contribution is 5.80. The molecule has 7 atom stereocenters. The lowest BCUT2D eigenvalue weighted by molar-refractivity contribution is -0.161. The lowest BCUT2D eigenvalue weighted by Gasteiger charge is -2.61. The van der Waals surface area contributed by atoms with Crippen LogP contribution in [0.4, 0.5) is 0 Å². The standard InChI is InChI=1S/C26H42N2O2/c1-25-14-12-20-18(8-11-22-26(20,2)15-13-23(29)27(22)3)19(25)9-10-21(25)24(30)28-16-6-4-5-7-17-28/h18-22H,4-17H2,1-3H3/t18-,19-,20-,21+,22+,25-,26+/m0/s1. The van der Waals surface area contributed by atoms with Crippen molar-refractivity contribution in [2.45, 2.75) is 96.9 Å². The lowest BCUT2D eigenvalue weighted by atomic mass is 9.47. The van der Waals surface area contributed by atoms with Crippen molar-refractivity contribution in [1.82, 2.24) is 9.80 Å². The quantitative estimate of drug-likeness (QED) is 0.614. The summed E-state index contributed by atoms with van der Waals surface area (Å²) in [5.74, 6) is 3.29. The molecular formula is C26H42N2O2. The van der Waals surface area contributed by atoms with Gasteiger partial charge in [-0.05, 0) is 86.4 Å². The number of fused-ring (bicyclic) bond motifs is 5. The summed E-state index contributed by atoms with van der Waals surface area (Å²) in [7, 11) is 2.04. The van der Waals surface area contributed by atoms with Crippen molar-refractivity contribution < 1.29 is 9.59 Å². The van der Waals surface area contributed by atoms with Gasteiger partial charge in [-0.2, -0.15) is 0 Å². The van der Waals surface area contributed by atoms with E-state index in [2.05, 4.69) is 23.6 Å². The summed E-state index contributed by atoms with van der Waals surface area (Å²) >= 11 is 0. The van der Waals surface area contributed by atoms with Crippen LogP contribution < -0.4 is 0 Å². The molecular weight excluding hydrogens is 372 g/mol. The highest BCUT2D eigenvalue weighted by Gasteiger charge is 2.62. The second kappa shape index (κ2) is 7.52. The largest absolute Gasteiger partial charge is 0.342 e. The van der Waals surface area contributed by atoms with Crippen LogP contribution in [0.1, 0.15) is 90.9 Å². The van der Waals surface area contributed by atoms with Gasteiger partial charge in [-0.1, -0.05) is 26.7 Å². The Morgan fingerprint density at radius 2 is 1.57 bits per heavy atom. The molecule has 0 N–H and O–H groups in total. The Kier molecular flexibility index (Phi) is 5.22. The van der Waals surface area contributed by atoms with Crippen molar-refractivity contribution in [3.05, 3.63) is 0 Å². The topological polar surface area (TPSA) is 40.6 Å². The van der Waals surface area contributed by atoms with Gasteiger partial charge in [0.15, 0.2) is 0 Å². The first kappa shape index (κ1) is 20.8. The van der Waals surface area contributed by atoms with Crippen LogP contribution in [-0.2, 0) is 9.59 Å². The van der Waals surface area contributed by atoms with Gasteiger partial charge in [-0.15, -0.1) is 0 Å². The van der Waals surface area contributed by atoms with Crippen molar-refractivity contribution in [3.8, 4) is 0 Å². The van der Waals surface area contributed by atoms with E-state index in [0.29, 0.717) is 23.8 Å². The second-order valence-electron chi connectivity index (χ2n) is 11.9. The molecule has 0 bridgehead atoms. The molecule has 0 unspecified atom stereocenters. The first-order chi connectivity index (χ1) is 14.4. The maximum Gasteiger partial charge on any atom is 0.226 e. The summed E-state index contributed by atoms with van der Waals surface area (Å²) in [6, 6.07) is 0.431. The predicted molar refractivity (Wildman–Crippen MR) is 119 cm³/mol. The zero-order valence-corrected chi connectivity index (χ0v) is 19.5. The third-order valence-corrected chi connectivity index (χ3v) is 10.8. The van der Waals surface area contributed by atoms with Crippen LogP contribution in [0.15, 0.2) is 0 Å². The second-order valence-corrected chi connectivity index (χ2v) is 11.9. The molecule has 0 radical (unpaired) electrons. The molecule has 5 rings (SSSR count). The summed E-state index contributed by atoms with van der Waals surface area (Å²) in [6.07, 6.45) is 14.0. The summed E-state index contributed by atoms with van der Waals surface area (Å²) < 4.78 is 0. The van der Waals surface area contributed by atoms with Crippen molar-refractivity contribution in [1.29, 1.82) is 0 Å². The van der Waals surface area contributed by atoms with Gasteiger partial charge in [0.2, 0.25) is 11.8 Å². The smallest absolute Gasteiger partial charge is 0.226 e. The molecule has 0 aromatic rings. The molecule has 2 heterocycles. The van der Waals surface area contributed by atoms with E-state index in [9.17, 15) is 9.59 Å². The lowest BCUT2D eigenvalue weighted by Crippen LogP contribution is -2.61. The Labute approximate surface area is 183 Å². The molecule has 5 fully saturated rings. The fourth-order valence-electron chi connectivity index (χ4n) is 9.07. The molecule has 2 saturated heterocycles. The van der Waals surface area contributed by atoms with E-state index < -0.39 is 0 Å². The van der Waals surface area contributed by atoms with Crippen LogP contribution >= 0.6 is 0 Å².